The molecule has 10 heteroatoms. The van der Waals surface area contributed by atoms with Gasteiger partial charge in [0.1, 0.15) is 29.0 Å². The Hall–Kier alpha value is -5.30. The van der Waals surface area contributed by atoms with Crippen molar-refractivity contribution in [3.8, 4) is 28.8 Å². The molecular weight excluding hydrogens is 468 g/mol. The van der Waals surface area contributed by atoms with Gasteiger partial charge in [-0.05, 0) is 31.2 Å². The summed E-state index contributed by atoms with van der Waals surface area (Å²) in [7, 11) is 1.58. The largest absolute Gasteiger partial charge is 0.497 e. The van der Waals surface area contributed by atoms with Gasteiger partial charge in [-0.15, -0.1) is 0 Å². The lowest BCUT2D eigenvalue weighted by molar-refractivity contribution is 0.414. The average Bonchev–Trinajstić information content (AvgIpc) is 2.93. The van der Waals surface area contributed by atoms with Gasteiger partial charge in [0.15, 0.2) is 0 Å². The van der Waals surface area contributed by atoms with Crippen molar-refractivity contribution in [1.29, 1.82) is 5.26 Å². The van der Waals surface area contributed by atoms with Gasteiger partial charge in [-0.1, -0.05) is 30.3 Å². The summed E-state index contributed by atoms with van der Waals surface area (Å²) in [5.41, 5.74) is 8.09. The number of aromatic nitrogens is 5. The van der Waals surface area contributed by atoms with Gasteiger partial charge in [0, 0.05) is 17.8 Å². The average molecular weight is 491 g/mol. The summed E-state index contributed by atoms with van der Waals surface area (Å²) in [4.78, 5) is 31.6. The van der Waals surface area contributed by atoms with Gasteiger partial charge in [0.05, 0.1) is 41.6 Å². The third-order valence-electron chi connectivity index (χ3n) is 5.85. The molecule has 5 rings (SSSR count). The summed E-state index contributed by atoms with van der Waals surface area (Å²) in [5, 5.41) is 13.1. The molecule has 3 aromatic heterocycles. The summed E-state index contributed by atoms with van der Waals surface area (Å²) in [5.74, 6) is 1.34. The fraction of sp³-hybridized carbons (Fsp3) is 0.111. The predicted molar refractivity (Wildman–Crippen MR) is 140 cm³/mol. The van der Waals surface area contributed by atoms with Crippen molar-refractivity contribution in [2.24, 2.45) is 0 Å². The van der Waals surface area contributed by atoms with Gasteiger partial charge in [-0.2, -0.15) is 10.2 Å². The Bertz CT molecular complexity index is 1710. The van der Waals surface area contributed by atoms with E-state index < -0.39 is 6.04 Å². The fourth-order valence-corrected chi connectivity index (χ4v) is 4.12. The molecule has 0 radical (unpaired) electrons. The van der Waals surface area contributed by atoms with Crippen molar-refractivity contribution in [2.75, 3.05) is 18.2 Å². The van der Waals surface area contributed by atoms with Gasteiger partial charge in [0.25, 0.3) is 5.56 Å². The number of nitrogens with zero attached hydrogens (tertiary/aromatic N) is 6. The van der Waals surface area contributed by atoms with E-state index in [9.17, 15) is 10.1 Å². The highest BCUT2D eigenvalue weighted by Gasteiger charge is 2.22. The second-order valence-electron chi connectivity index (χ2n) is 8.20. The SMILES string of the molecule is COc1ccnc(-c2cccc3nc([C@@H](C)Nc4nc(N)ncc4C#N)n(-c4ccccc4)c(=O)c23)c1. The van der Waals surface area contributed by atoms with E-state index in [2.05, 4.69) is 26.3 Å². The van der Waals surface area contributed by atoms with E-state index in [1.807, 2.05) is 49.4 Å². The highest BCUT2D eigenvalue weighted by Crippen LogP contribution is 2.29. The number of nitrogen functional groups attached to an aromatic ring is 1. The van der Waals surface area contributed by atoms with Gasteiger partial charge in [-0.3, -0.25) is 14.3 Å². The quantitative estimate of drug-likeness (QED) is 0.362. The van der Waals surface area contributed by atoms with Crippen LogP contribution in [0.3, 0.4) is 0 Å². The molecule has 0 bridgehead atoms. The van der Waals surface area contributed by atoms with Crippen molar-refractivity contribution < 1.29 is 4.74 Å². The summed E-state index contributed by atoms with van der Waals surface area (Å²) in [6.45, 7) is 1.83. The number of benzene rings is 2. The van der Waals surface area contributed by atoms with Crippen LogP contribution in [0.2, 0.25) is 0 Å². The van der Waals surface area contributed by atoms with Gasteiger partial charge < -0.3 is 15.8 Å². The van der Waals surface area contributed by atoms with E-state index in [-0.39, 0.29) is 22.9 Å². The minimum Gasteiger partial charge on any atom is -0.497 e. The summed E-state index contributed by atoms with van der Waals surface area (Å²) < 4.78 is 6.91. The Balaban J connectivity index is 1.74. The summed E-state index contributed by atoms with van der Waals surface area (Å²) >= 11 is 0. The third-order valence-corrected chi connectivity index (χ3v) is 5.85. The number of hydrogen-bond donors (Lipinski definition) is 2. The number of methoxy groups -OCH3 is 1. The molecule has 0 fully saturated rings. The molecule has 0 unspecified atom stereocenters. The van der Waals surface area contributed by atoms with Crippen LogP contribution in [0.5, 0.6) is 5.75 Å². The first-order chi connectivity index (χ1) is 18.0. The van der Waals surface area contributed by atoms with Crippen molar-refractivity contribution in [3.05, 3.63) is 94.8 Å². The summed E-state index contributed by atoms with van der Waals surface area (Å²) in [6.07, 6.45) is 2.99. The highest BCUT2D eigenvalue weighted by atomic mass is 16.5. The van der Waals surface area contributed by atoms with Crippen LogP contribution in [-0.2, 0) is 0 Å². The zero-order valence-corrected chi connectivity index (χ0v) is 20.1. The number of pyridine rings is 1. The smallest absolute Gasteiger partial charge is 0.266 e. The lowest BCUT2D eigenvalue weighted by Crippen LogP contribution is -2.28. The van der Waals surface area contributed by atoms with Crippen LogP contribution in [0.15, 0.2) is 77.9 Å². The number of ether oxygens (including phenoxy) is 1. The number of para-hydroxylation sites is 1. The van der Waals surface area contributed by atoms with Crippen LogP contribution in [0.1, 0.15) is 24.4 Å². The zero-order valence-electron chi connectivity index (χ0n) is 20.1. The number of nitrogens with two attached hydrogens (primary N) is 1. The van der Waals surface area contributed by atoms with Gasteiger partial charge in [-0.25, -0.2) is 9.97 Å². The highest BCUT2D eigenvalue weighted by molar-refractivity contribution is 5.93. The molecule has 0 amide bonds. The topological polar surface area (TPSA) is 145 Å². The second-order valence-corrected chi connectivity index (χ2v) is 8.20. The van der Waals surface area contributed by atoms with Gasteiger partial charge >= 0.3 is 0 Å². The molecule has 2 aromatic carbocycles. The maximum atomic E-state index is 14.2. The Morgan fingerprint density at radius 2 is 1.89 bits per heavy atom. The maximum Gasteiger partial charge on any atom is 0.266 e. The van der Waals surface area contributed by atoms with Gasteiger partial charge in [0.2, 0.25) is 5.95 Å². The van der Waals surface area contributed by atoms with E-state index in [1.54, 1.807) is 36.1 Å². The molecule has 3 heterocycles. The number of rotatable bonds is 6. The number of hydrogen-bond acceptors (Lipinski definition) is 9. The first-order valence-corrected chi connectivity index (χ1v) is 11.4. The molecule has 37 heavy (non-hydrogen) atoms. The lowest BCUT2D eigenvalue weighted by atomic mass is 10.0. The van der Waals surface area contributed by atoms with Crippen molar-refractivity contribution >= 4 is 22.7 Å². The number of nitriles is 1. The maximum absolute atomic E-state index is 14.2. The molecular formula is C27H22N8O2. The molecule has 0 aliphatic rings. The van der Waals surface area contributed by atoms with Crippen LogP contribution in [0.25, 0.3) is 27.8 Å². The molecule has 3 N–H and O–H groups in total. The molecule has 10 nitrogen and oxygen atoms in total. The van der Waals surface area contributed by atoms with E-state index in [0.29, 0.717) is 39.4 Å². The lowest BCUT2D eigenvalue weighted by Gasteiger charge is -2.21. The molecule has 182 valence electrons. The van der Waals surface area contributed by atoms with E-state index in [4.69, 9.17) is 15.5 Å². The van der Waals surface area contributed by atoms with Crippen LogP contribution >= 0.6 is 0 Å². The van der Waals surface area contributed by atoms with Crippen molar-refractivity contribution in [3.63, 3.8) is 0 Å². The second kappa shape index (κ2) is 9.75. The van der Waals surface area contributed by atoms with Crippen LogP contribution < -0.4 is 21.3 Å². The minimum absolute atomic E-state index is 0.0241. The normalized spacial score (nSPS) is 11.6. The molecule has 0 saturated heterocycles. The first-order valence-electron chi connectivity index (χ1n) is 11.4. The molecule has 1 atom stereocenters. The van der Waals surface area contributed by atoms with E-state index >= 15 is 0 Å². The third kappa shape index (κ3) is 4.41. The Labute approximate surface area is 212 Å². The van der Waals surface area contributed by atoms with Crippen LogP contribution in [0, 0.1) is 11.3 Å². The predicted octanol–water partition coefficient (Wildman–Crippen LogP) is 3.87. The van der Waals surface area contributed by atoms with Crippen molar-refractivity contribution in [1.82, 2.24) is 24.5 Å². The zero-order chi connectivity index (χ0) is 25.9. The molecule has 0 aliphatic carbocycles. The standard InChI is InChI=1S/C27H22N8O2/c1-16(32-24-17(14-28)15-31-27(29)34-24)25-33-21-10-6-9-20(22-13-19(37-2)11-12-30-22)23(21)26(36)35(25)18-7-4-3-5-8-18/h3-13,15-16H,1-2H3,(H3,29,31,32,34)/t16-/m1/s1. The number of nitrogens with one attached hydrogen (secondary N) is 1. The molecule has 0 saturated carbocycles. The van der Waals surface area contributed by atoms with E-state index in [0.717, 1.165) is 0 Å². The first kappa shape index (κ1) is 23.4. The Kier molecular flexibility index (Phi) is 6.18. The minimum atomic E-state index is -0.530. The van der Waals surface area contributed by atoms with Crippen LogP contribution in [0.4, 0.5) is 11.8 Å². The molecule has 0 spiro atoms. The van der Waals surface area contributed by atoms with Crippen molar-refractivity contribution in [2.45, 2.75) is 13.0 Å². The fourth-order valence-electron chi connectivity index (χ4n) is 4.12. The number of anilines is 2. The molecule has 0 aliphatic heterocycles. The van der Waals surface area contributed by atoms with E-state index in [1.165, 1.54) is 6.20 Å². The number of fused-ring (bicyclic) bond motifs is 1. The Morgan fingerprint density at radius 1 is 1.08 bits per heavy atom. The molecule has 5 aromatic rings. The summed E-state index contributed by atoms with van der Waals surface area (Å²) in [6, 6.07) is 19.7. The monoisotopic (exact) mass is 490 g/mol. The van der Waals surface area contributed by atoms with Crippen LogP contribution in [-0.4, -0.2) is 31.6 Å². The Morgan fingerprint density at radius 3 is 2.65 bits per heavy atom.